The van der Waals surface area contributed by atoms with Crippen molar-refractivity contribution in [3.8, 4) is 0 Å². The molecule has 0 fully saturated rings. The van der Waals surface area contributed by atoms with Crippen LogP contribution in [-0.4, -0.2) is 28.0 Å². The largest absolute Gasteiger partial charge is 0.463 e. The van der Waals surface area contributed by atoms with Crippen LogP contribution in [0, 0.1) is 0 Å². The van der Waals surface area contributed by atoms with E-state index in [1.807, 2.05) is 7.11 Å². The highest BCUT2D eigenvalue weighted by atomic mass is 28.4. The third kappa shape index (κ3) is 7.53. The van der Waals surface area contributed by atoms with Gasteiger partial charge in [0.1, 0.15) is 0 Å². The summed E-state index contributed by atoms with van der Waals surface area (Å²) in [6.07, 6.45) is 4.79. The van der Waals surface area contributed by atoms with Crippen LogP contribution in [0.3, 0.4) is 0 Å². The average Bonchev–Trinajstić information content (AvgIpc) is 2.41. The summed E-state index contributed by atoms with van der Waals surface area (Å²) < 4.78 is 11.1. The van der Waals surface area contributed by atoms with Crippen molar-refractivity contribution in [3.05, 3.63) is 12.2 Å². The fraction of sp³-hybridized carbons (Fsp3) is 0.800. The summed E-state index contributed by atoms with van der Waals surface area (Å²) in [7, 11) is 0.112. The molecule has 0 heterocycles. The number of carbonyl (C=O) groups excluding carboxylic acids is 1. The Labute approximate surface area is 119 Å². The molecular weight excluding hydrogens is 256 g/mol. The molecule has 0 aromatic heterocycles. The Kier molecular flexibility index (Phi) is 9.88. The van der Waals surface area contributed by atoms with Crippen molar-refractivity contribution in [2.24, 2.45) is 0 Å². The highest BCUT2D eigenvalue weighted by molar-refractivity contribution is 6.73. The molecule has 0 radical (unpaired) electrons. The van der Waals surface area contributed by atoms with Gasteiger partial charge in [-0.05, 0) is 19.0 Å². The molecule has 0 saturated carbocycles. The summed E-state index contributed by atoms with van der Waals surface area (Å²) in [4.78, 5) is 11.4. The van der Waals surface area contributed by atoms with Crippen LogP contribution >= 0.6 is 0 Å². The van der Waals surface area contributed by atoms with Gasteiger partial charge in [-0.2, -0.15) is 0 Å². The van der Waals surface area contributed by atoms with E-state index < -0.39 is 8.32 Å². The second-order valence-corrected chi connectivity index (χ2v) is 9.53. The van der Waals surface area contributed by atoms with Gasteiger partial charge in [-0.15, -0.1) is 0 Å². The van der Waals surface area contributed by atoms with Gasteiger partial charge in [0.25, 0.3) is 0 Å². The van der Waals surface area contributed by atoms with E-state index in [1.165, 1.54) is 37.8 Å². The van der Waals surface area contributed by atoms with Gasteiger partial charge in [0.2, 0.25) is 0 Å². The lowest BCUT2D eigenvalue weighted by Gasteiger charge is -2.29. The molecule has 0 aromatic rings. The minimum Gasteiger partial charge on any atom is -0.463 e. The van der Waals surface area contributed by atoms with Gasteiger partial charge in [-0.25, -0.2) is 4.79 Å². The third-order valence-corrected chi connectivity index (χ3v) is 8.06. The number of rotatable bonds is 11. The predicted molar refractivity (Wildman–Crippen MR) is 82.8 cm³/mol. The normalized spacial score (nSPS) is 11.4. The Balaban J connectivity index is 4.37. The summed E-state index contributed by atoms with van der Waals surface area (Å²) in [5.74, 6) is -0.287. The van der Waals surface area contributed by atoms with Gasteiger partial charge in [-0.1, -0.05) is 46.1 Å². The molecule has 0 unspecified atom stereocenters. The maximum Gasteiger partial charge on any atom is 0.333 e. The van der Waals surface area contributed by atoms with Crippen LogP contribution in [0.1, 0.15) is 46.5 Å². The van der Waals surface area contributed by atoms with Gasteiger partial charge in [0.05, 0.1) is 6.61 Å². The van der Waals surface area contributed by atoms with Crippen LogP contribution < -0.4 is 0 Å². The molecule has 0 amide bonds. The Hall–Kier alpha value is -0.613. The Morgan fingerprint density at radius 2 is 1.63 bits per heavy atom. The first-order chi connectivity index (χ1) is 9.01. The zero-order valence-electron chi connectivity index (χ0n) is 13.1. The summed E-state index contributed by atoms with van der Waals surface area (Å²) in [6, 6.07) is 3.25. The van der Waals surface area contributed by atoms with E-state index in [9.17, 15) is 4.79 Å². The lowest BCUT2D eigenvalue weighted by molar-refractivity contribution is -0.138. The topological polar surface area (TPSA) is 35.5 Å². The second-order valence-electron chi connectivity index (χ2n) is 5.26. The molecule has 0 aliphatic carbocycles. The molecule has 0 saturated heterocycles. The number of hydrogen-bond acceptors (Lipinski definition) is 3. The molecule has 0 aliphatic rings. The maximum atomic E-state index is 11.4. The molecule has 0 atom stereocenters. The zero-order chi connectivity index (χ0) is 14.7. The number of hydrogen-bond donors (Lipinski definition) is 0. The van der Waals surface area contributed by atoms with E-state index in [-0.39, 0.29) is 5.97 Å². The Morgan fingerprint density at radius 1 is 1.11 bits per heavy atom. The van der Waals surface area contributed by atoms with Gasteiger partial charge in [0, 0.05) is 18.7 Å². The van der Waals surface area contributed by atoms with E-state index in [0.717, 1.165) is 6.04 Å². The molecule has 0 aromatic carbocycles. The predicted octanol–water partition coefficient (Wildman–Crippen LogP) is 4.30. The SMILES string of the molecule is C=C(C)C(=O)OCC[Si](CCCC)(CCCC)OC. The lowest BCUT2D eigenvalue weighted by atomic mass is 10.4. The fourth-order valence-corrected chi connectivity index (χ4v) is 5.96. The number of unbranched alkanes of at least 4 members (excludes halogenated alkanes) is 2. The molecule has 4 heteroatoms. The first-order valence-electron chi connectivity index (χ1n) is 7.39. The standard InChI is InChI=1S/C15H30O3Si/c1-6-8-11-19(17-5,12-9-7-2)13-10-18-15(16)14(3)4/h3,6-13H2,1-2,4-5H3. The van der Waals surface area contributed by atoms with Crippen LogP contribution in [-0.2, 0) is 14.0 Å². The molecule has 0 rings (SSSR count). The minimum absolute atomic E-state index is 0.287. The van der Waals surface area contributed by atoms with Gasteiger partial charge in [0.15, 0.2) is 8.32 Å². The smallest absolute Gasteiger partial charge is 0.333 e. The van der Waals surface area contributed by atoms with Crippen LogP contribution in [0.15, 0.2) is 12.2 Å². The molecule has 3 nitrogen and oxygen atoms in total. The van der Waals surface area contributed by atoms with Crippen molar-refractivity contribution >= 4 is 14.3 Å². The molecule has 0 bridgehead atoms. The van der Waals surface area contributed by atoms with E-state index in [4.69, 9.17) is 9.16 Å². The van der Waals surface area contributed by atoms with Crippen LogP contribution in [0.25, 0.3) is 0 Å². The minimum atomic E-state index is -1.72. The summed E-state index contributed by atoms with van der Waals surface area (Å²) in [5.41, 5.74) is 0.465. The van der Waals surface area contributed by atoms with Gasteiger partial charge in [-0.3, -0.25) is 0 Å². The lowest BCUT2D eigenvalue weighted by Crippen LogP contribution is -2.38. The Morgan fingerprint density at radius 3 is 2.00 bits per heavy atom. The van der Waals surface area contributed by atoms with Crippen molar-refractivity contribution < 1.29 is 14.0 Å². The fourth-order valence-electron chi connectivity index (χ4n) is 2.13. The second kappa shape index (κ2) is 10.2. The third-order valence-electron chi connectivity index (χ3n) is 3.54. The molecule has 0 aliphatic heterocycles. The molecular formula is C15H30O3Si. The van der Waals surface area contributed by atoms with Crippen LogP contribution in [0.5, 0.6) is 0 Å². The van der Waals surface area contributed by atoms with Crippen molar-refractivity contribution in [1.29, 1.82) is 0 Å². The first-order valence-corrected chi connectivity index (χ1v) is 9.92. The monoisotopic (exact) mass is 286 g/mol. The van der Waals surface area contributed by atoms with Gasteiger partial charge >= 0.3 is 5.97 Å². The van der Waals surface area contributed by atoms with E-state index in [2.05, 4.69) is 20.4 Å². The van der Waals surface area contributed by atoms with Crippen molar-refractivity contribution in [1.82, 2.24) is 0 Å². The average molecular weight is 286 g/mol. The molecule has 0 spiro atoms. The number of ether oxygens (including phenoxy) is 1. The summed E-state index contributed by atoms with van der Waals surface area (Å²) in [5, 5.41) is 0. The molecule has 112 valence electrons. The van der Waals surface area contributed by atoms with Gasteiger partial charge < -0.3 is 9.16 Å². The summed E-state index contributed by atoms with van der Waals surface area (Å²) >= 11 is 0. The van der Waals surface area contributed by atoms with Crippen molar-refractivity contribution in [3.63, 3.8) is 0 Å². The van der Waals surface area contributed by atoms with E-state index in [1.54, 1.807) is 6.92 Å². The van der Waals surface area contributed by atoms with E-state index in [0.29, 0.717) is 12.2 Å². The zero-order valence-corrected chi connectivity index (χ0v) is 14.1. The Bertz CT molecular complexity index is 269. The highest BCUT2D eigenvalue weighted by Gasteiger charge is 2.32. The number of carbonyl (C=O) groups is 1. The van der Waals surface area contributed by atoms with E-state index >= 15 is 0 Å². The number of esters is 1. The molecule has 0 N–H and O–H groups in total. The van der Waals surface area contributed by atoms with Crippen LogP contribution in [0.4, 0.5) is 0 Å². The van der Waals surface area contributed by atoms with Crippen LogP contribution in [0.2, 0.25) is 18.1 Å². The van der Waals surface area contributed by atoms with Crippen molar-refractivity contribution in [2.75, 3.05) is 13.7 Å². The first kappa shape index (κ1) is 18.4. The quantitative estimate of drug-likeness (QED) is 0.323. The highest BCUT2D eigenvalue weighted by Crippen LogP contribution is 2.27. The summed E-state index contributed by atoms with van der Waals surface area (Å²) in [6.45, 7) is 10.2. The molecule has 19 heavy (non-hydrogen) atoms. The van der Waals surface area contributed by atoms with Crippen molar-refractivity contribution in [2.45, 2.75) is 64.6 Å². The maximum absolute atomic E-state index is 11.4.